The van der Waals surface area contributed by atoms with Crippen LogP contribution < -0.4 is 0 Å². The largest absolute Gasteiger partial charge is 0.374 e. The van der Waals surface area contributed by atoms with Crippen molar-refractivity contribution in [3.05, 3.63) is 34.9 Å². The minimum Gasteiger partial charge on any atom is -0.361 e. The van der Waals surface area contributed by atoms with Gasteiger partial charge in [-0.05, 0) is 31.0 Å². The summed E-state index contributed by atoms with van der Waals surface area (Å²) in [5.41, 5.74) is 10.3. The molecule has 0 spiro atoms. The van der Waals surface area contributed by atoms with Gasteiger partial charge in [0.15, 0.2) is 0 Å². The Morgan fingerprint density at radius 3 is 2.57 bits per heavy atom. The van der Waals surface area contributed by atoms with Gasteiger partial charge in [-0.15, -0.1) is 0 Å². The Labute approximate surface area is 82.7 Å². The van der Waals surface area contributed by atoms with Crippen LogP contribution in [-0.4, -0.2) is 18.8 Å². The lowest BCUT2D eigenvalue weighted by atomic mass is 10.1. The Balaban J connectivity index is 3.49. The van der Waals surface area contributed by atoms with Crippen molar-refractivity contribution < 1.29 is 13.2 Å². The molecule has 0 saturated heterocycles. The highest BCUT2D eigenvalue weighted by Crippen LogP contribution is 2.17. The molecule has 0 aliphatic carbocycles. The number of rotatable bonds is 2. The number of benzene rings is 1. The standard InChI is InChI=1S/C9H10N2O2S/c1-7-4-3-5-9(8(7)2)14(12,13)6-11-10/h3-6H,1-2H3. The molecule has 1 aromatic carbocycles. The molecule has 0 fully saturated rings. The molecule has 5 heteroatoms. The normalized spacial score (nSPS) is 10.7. The quantitative estimate of drug-likeness (QED) is 0.320. The van der Waals surface area contributed by atoms with Crippen LogP contribution in [0.4, 0.5) is 0 Å². The van der Waals surface area contributed by atoms with Gasteiger partial charge in [0, 0.05) is 0 Å². The summed E-state index contributed by atoms with van der Waals surface area (Å²) in [5, 5.41) is 0. The van der Waals surface area contributed by atoms with Crippen molar-refractivity contribution in [2.75, 3.05) is 0 Å². The minimum atomic E-state index is -3.61. The average molecular weight is 210 g/mol. The first-order valence-electron chi connectivity index (χ1n) is 3.98. The molecule has 0 aromatic heterocycles. The summed E-state index contributed by atoms with van der Waals surface area (Å²) in [5.74, 6) is 0. The maximum absolute atomic E-state index is 11.5. The summed E-state index contributed by atoms with van der Waals surface area (Å²) in [6, 6.07) is 4.96. The topological polar surface area (TPSA) is 70.5 Å². The average Bonchev–Trinajstić information content (AvgIpc) is 2.09. The molecule has 0 saturated carbocycles. The summed E-state index contributed by atoms with van der Waals surface area (Å²) in [6.45, 7) is 3.54. The fourth-order valence-electron chi connectivity index (χ4n) is 1.15. The molecule has 0 unspecified atom stereocenters. The van der Waals surface area contributed by atoms with Gasteiger partial charge in [0.25, 0.3) is 9.84 Å². The fraction of sp³-hybridized carbons (Fsp3) is 0.222. The molecular formula is C9H10N2O2S. The van der Waals surface area contributed by atoms with Crippen molar-refractivity contribution in [3.63, 3.8) is 0 Å². The summed E-state index contributed by atoms with van der Waals surface area (Å²) >= 11 is 0. The van der Waals surface area contributed by atoms with E-state index in [2.05, 4.69) is 4.79 Å². The Bertz CT molecular complexity index is 500. The molecule has 74 valence electrons. The highest BCUT2D eigenvalue weighted by atomic mass is 32.2. The van der Waals surface area contributed by atoms with Crippen molar-refractivity contribution >= 4 is 15.4 Å². The van der Waals surface area contributed by atoms with Gasteiger partial charge in [0.05, 0.1) is 4.90 Å². The van der Waals surface area contributed by atoms with Crippen molar-refractivity contribution in [1.82, 2.24) is 0 Å². The highest BCUT2D eigenvalue weighted by Gasteiger charge is 2.18. The van der Waals surface area contributed by atoms with Crippen LogP contribution in [0.25, 0.3) is 5.53 Å². The van der Waals surface area contributed by atoms with Crippen molar-refractivity contribution in [2.45, 2.75) is 18.7 Å². The molecule has 0 amide bonds. The monoisotopic (exact) mass is 210 g/mol. The molecule has 1 aromatic rings. The van der Waals surface area contributed by atoms with E-state index in [0.717, 1.165) is 5.56 Å². The number of aryl methyl sites for hydroxylation is 1. The molecule has 0 aliphatic heterocycles. The molecular weight excluding hydrogens is 200 g/mol. The van der Waals surface area contributed by atoms with Crippen molar-refractivity contribution in [3.8, 4) is 0 Å². The third-order valence-corrected chi connectivity index (χ3v) is 3.47. The first-order chi connectivity index (χ1) is 6.49. The molecule has 0 bridgehead atoms. The molecule has 14 heavy (non-hydrogen) atoms. The minimum absolute atomic E-state index is 0.176. The molecule has 0 atom stereocenters. The van der Waals surface area contributed by atoms with Gasteiger partial charge in [-0.25, -0.2) is 8.42 Å². The molecule has 0 heterocycles. The third-order valence-electron chi connectivity index (χ3n) is 2.05. The van der Waals surface area contributed by atoms with Crippen LogP contribution in [0.1, 0.15) is 11.1 Å². The second-order valence-corrected chi connectivity index (χ2v) is 4.70. The predicted octanol–water partition coefficient (Wildman–Crippen LogP) is 1.34. The Kier molecular flexibility index (Phi) is 2.84. The van der Waals surface area contributed by atoms with Crippen LogP contribution >= 0.6 is 0 Å². The number of hydrogen-bond donors (Lipinski definition) is 0. The van der Waals surface area contributed by atoms with E-state index >= 15 is 0 Å². The first-order valence-corrected chi connectivity index (χ1v) is 5.52. The van der Waals surface area contributed by atoms with Gasteiger partial charge in [-0.2, -0.15) is 4.79 Å². The molecule has 4 nitrogen and oxygen atoms in total. The van der Waals surface area contributed by atoms with E-state index in [1.807, 2.05) is 13.0 Å². The van der Waals surface area contributed by atoms with Crippen molar-refractivity contribution in [1.29, 1.82) is 0 Å². The predicted molar refractivity (Wildman–Crippen MR) is 52.8 cm³/mol. The van der Waals surface area contributed by atoms with Crippen LogP contribution in [0.15, 0.2) is 23.1 Å². The fourth-order valence-corrected chi connectivity index (χ4v) is 2.24. The van der Waals surface area contributed by atoms with Crippen LogP contribution in [0, 0.1) is 13.8 Å². The van der Waals surface area contributed by atoms with E-state index in [1.54, 1.807) is 13.0 Å². The van der Waals surface area contributed by atoms with E-state index in [4.69, 9.17) is 5.53 Å². The lowest BCUT2D eigenvalue weighted by Gasteiger charge is -2.03. The summed E-state index contributed by atoms with van der Waals surface area (Å²) in [4.78, 5) is 2.72. The molecule has 0 N–H and O–H groups in total. The van der Waals surface area contributed by atoms with Gasteiger partial charge in [-0.1, -0.05) is 12.1 Å². The zero-order chi connectivity index (χ0) is 10.8. The van der Waals surface area contributed by atoms with Gasteiger partial charge in [-0.3, -0.25) is 0 Å². The van der Waals surface area contributed by atoms with Gasteiger partial charge < -0.3 is 5.53 Å². The van der Waals surface area contributed by atoms with Crippen molar-refractivity contribution in [2.24, 2.45) is 0 Å². The summed E-state index contributed by atoms with van der Waals surface area (Å²) in [6.07, 6.45) is 0. The maximum Gasteiger partial charge on any atom is 0.374 e. The van der Waals surface area contributed by atoms with E-state index in [1.165, 1.54) is 6.07 Å². The van der Waals surface area contributed by atoms with E-state index in [9.17, 15) is 8.42 Å². The summed E-state index contributed by atoms with van der Waals surface area (Å²) < 4.78 is 23.0. The van der Waals surface area contributed by atoms with Crippen LogP contribution in [0.5, 0.6) is 0 Å². The molecule has 0 aliphatic rings. The first kappa shape index (κ1) is 10.6. The van der Waals surface area contributed by atoms with Crippen LogP contribution in [0.2, 0.25) is 0 Å². The molecule has 0 radical (unpaired) electrons. The smallest absolute Gasteiger partial charge is 0.361 e. The number of nitrogens with zero attached hydrogens (tertiary/aromatic N) is 2. The van der Waals surface area contributed by atoms with E-state index < -0.39 is 9.84 Å². The lowest BCUT2D eigenvalue weighted by Crippen LogP contribution is -2.05. The van der Waals surface area contributed by atoms with E-state index in [0.29, 0.717) is 11.1 Å². The van der Waals surface area contributed by atoms with Gasteiger partial charge in [0.1, 0.15) is 0 Å². The van der Waals surface area contributed by atoms with Crippen LogP contribution in [-0.2, 0) is 9.84 Å². The van der Waals surface area contributed by atoms with E-state index in [-0.39, 0.29) is 4.90 Å². The maximum atomic E-state index is 11.5. The van der Waals surface area contributed by atoms with Gasteiger partial charge in [0.2, 0.25) is 0 Å². The Hall–Kier alpha value is -1.45. The third kappa shape index (κ3) is 1.89. The second kappa shape index (κ2) is 3.74. The highest BCUT2D eigenvalue weighted by molar-refractivity contribution is 8.04. The Morgan fingerprint density at radius 1 is 1.36 bits per heavy atom. The lowest BCUT2D eigenvalue weighted by molar-refractivity contribution is 0.00753. The van der Waals surface area contributed by atoms with Gasteiger partial charge >= 0.3 is 5.55 Å². The van der Waals surface area contributed by atoms with Crippen LogP contribution in [0.3, 0.4) is 0 Å². The Morgan fingerprint density at radius 2 is 2.00 bits per heavy atom. The zero-order valence-corrected chi connectivity index (χ0v) is 8.75. The SMILES string of the molecule is Cc1cccc(S(=O)(=O)C=[N+]=[N-])c1C. The molecule has 1 rings (SSSR count). The summed E-state index contributed by atoms with van der Waals surface area (Å²) in [7, 11) is -3.61. The zero-order valence-electron chi connectivity index (χ0n) is 7.93. The number of hydrogen-bond acceptors (Lipinski definition) is 2. The second-order valence-electron chi connectivity index (χ2n) is 2.96. The number of sulfone groups is 1.